The Balaban J connectivity index is 1.89. The Bertz CT molecular complexity index is 1130. The molecule has 0 aliphatic carbocycles. The molecule has 8 nitrogen and oxygen atoms in total. The third-order valence-electron chi connectivity index (χ3n) is 4.88. The molecule has 1 N–H and O–H groups in total. The van der Waals surface area contributed by atoms with Gasteiger partial charge in [-0.25, -0.2) is 4.98 Å². The average molecular weight is 390 g/mol. The van der Waals surface area contributed by atoms with Crippen LogP contribution in [0.25, 0.3) is 11.0 Å². The number of nitro groups is 1. The molecule has 0 saturated carbocycles. The molecule has 4 rings (SSSR count). The molecule has 0 fully saturated rings. The molecule has 29 heavy (non-hydrogen) atoms. The molecule has 146 valence electrons. The number of non-ortho nitro benzene ring substituents is 1. The number of ether oxygens (including phenoxy) is 1. The molecule has 2 heterocycles. The van der Waals surface area contributed by atoms with Crippen LogP contribution in [0.3, 0.4) is 0 Å². The summed E-state index contributed by atoms with van der Waals surface area (Å²) in [5, 5.41) is 14.2. The molecular formula is C21H18N4O4. The SMILES string of the molecule is C=CCOC(=O)C1C(=C)Nc2nc3ccccc3n2C1c1ccc([N+](=O)[O-])cc1. The number of hydrogen-bond donors (Lipinski definition) is 1. The number of para-hydroxylation sites is 2. The predicted molar refractivity (Wildman–Crippen MR) is 108 cm³/mol. The zero-order chi connectivity index (χ0) is 20.5. The molecule has 8 heteroatoms. The Labute approximate surface area is 166 Å². The van der Waals surface area contributed by atoms with Crippen LogP contribution >= 0.6 is 0 Å². The van der Waals surface area contributed by atoms with E-state index < -0.39 is 22.9 Å². The van der Waals surface area contributed by atoms with E-state index in [1.807, 2.05) is 28.8 Å². The summed E-state index contributed by atoms with van der Waals surface area (Å²) in [5.74, 6) is -0.664. The van der Waals surface area contributed by atoms with Gasteiger partial charge in [-0.2, -0.15) is 0 Å². The lowest BCUT2D eigenvalue weighted by molar-refractivity contribution is -0.384. The molecular weight excluding hydrogens is 372 g/mol. The van der Waals surface area contributed by atoms with E-state index in [0.29, 0.717) is 17.2 Å². The normalized spacial score (nSPS) is 18.0. The lowest BCUT2D eigenvalue weighted by Crippen LogP contribution is -2.37. The number of imidazole rings is 1. The van der Waals surface area contributed by atoms with Crippen LogP contribution in [0.4, 0.5) is 11.6 Å². The van der Waals surface area contributed by atoms with Crippen molar-refractivity contribution >= 4 is 28.6 Å². The highest BCUT2D eigenvalue weighted by molar-refractivity contribution is 5.84. The third-order valence-corrected chi connectivity index (χ3v) is 4.88. The number of anilines is 1. The Hall–Kier alpha value is -3.94. The lowest BCUT2D eigenvalue weighted by Gasteiger charge is -2.34. The van der Waals surface area contributed by atoms with Crippen molar-refractivity contribution in [3.05, 3.63) is 89.1 Å². The van der Waals surface area contributed by atoms with Crippen LogP contribution < -0.4 is 5.32 Å². The molecule has 0 amide bonds. The second-order valence-electron chi connectivity index (χ2n) is 6.63. The third kappa shape index (κ3) is 3.14. The standard InChI is InChI=1S/C21H18N4O4/c1-3-12-29-20(26)18-13(2)22-21-23-16-6-4-5-7-17(16)24(21)19(18)14-8-10-15(11-9-14)25(27)28/h3-11,18-19H,1-2,12H2,(H,22,23). The van der Waals surface area contributed by atoms with Crippen molar-refractivity contribution in [3.8, 4) is 0 Å². The molecule has 2 unspecified atom stereocenters. The van der Waals surface area contributed by atoms with Crippen molar-refractivity contribution in [1.82, 2.24) is 9.55 Å². The summed E-state index contributed by atoms with van der Waals surface area (Å²) in [6.07, 6.45) is 1.50. The van der Waals surface area contributed by atoms with Crippen molar-refractivity contribution in [2.75, 3.05) is 11.9 Å². The van der Waals surface area contributed by atoms with Gasteiger partial charge < -0.3 is 14.6 Å². The maximum absolute atomic E-state index is 12.9. The van der Waals surface area contributed by atoms with Gasteiger partial charge >= 0.3 is 5.97 Å². The highest BCUT2D eigenvalue weighted by atomic mass is 16.6. The van der Waals surface area contributed by atoms with E-state index in [-0.39, 0.29) is 12.3 Å². The first-order valence-electron chi connectivity index (χ1n) is 8.96. The number of nitrogens with zero attached hydrogens (tertiary/aromatic N) is 3. The molecule has 1 aromatic heterocycles. The molecule has 1 aliphatic heterocycles. The Morgan fingerprint density at radius 1 is 1.28 bits per heavy atom. The van der Waals surface area contributed by atoms with Gasteiger partial charge in [0.05, 0.1) is 22.0 Å². The van der Waals surface area contributed by atoms with Gasteiger partial charge in [0, 0.05) is 17.8 Å². The van der Waals surface area contributed by atoms with E-state index in [1.165, 1.54) is 18.2 Å². The highest BCUT2D eigenvalue weighted by Gasteiger charge is 2.40. The van der Waals surface area contributed by atoms with Crippen LogP contribution in [0, 0.1) is 16.0 Å². The number of carbonyl (C=O) groups excluding carboxylic acids is 1. The summed E-state index contributed by atoms with van der Waals surface area (Å²) in [5.41, 5.74) is 2.72. The average Bonchev–Trinajstić information content (AvgIpc) is 3.08. The van der Waals surface area contributed by atoms with Gasteiger partial charge in [-0.3, -0.25) is 14.9 Å². The maximum atomic E-state index is 12.9. The number of benzene rings is 2. The molecule has 0 saturated heterocycles. The van der Waals surface area contributed by atoms with Gasteiger partial charge in [-0.1, -0.05) is 43.5 Å². The number of hydrogen-bond acceptors (Lipinski definition) is 6. The largest absolute Gasteiger partial charge is 0.461 e. The van der Waals surface area contributed by atoms with Crippen LogP contribution in [0.2, 0.25) is 0 Å². The summed E-state index contributed by atoms with van der Waals surface area (Å²) in [7, 11) is 0. The first kappa shape index (κ1) is 18.4. The first-order valence-corrected chi connectivity index (χ1v) is 8.96. The molecule has 0 bridgehead atoms. The highest BCUT2D eigenvalue weighted by Crippen LogP contribution is 2.41. The number of aromatic nitrogens is 2. The summed E-state index contributed by atoms with van der Waals surface area (Å²) >= 11 is 0. The van der Waals surface area contributed by atoms with Gasteiger partial charge in [0.2, 0.25) is 5.95 Å². The van der Waals surface area contributed by atoms with Crippen molar-refractivity contribution in [3.63, 3.8) is 0 Å². The Kier molecular flexibility index (Phi) is 4.59. The fourth-order valence-electron chi connectivity index (χ4n) is 3.61. The van der Waals surface area contributed by atoms with E-state index in [4.69, 9.17) is 4.74 Å². The van der Waals surface area contributed by atoms with E-state index >= 15 is 0 Å². The van der Waals surface area contributed by atoms with Crippen LogP contribution in [-0.2, 0) is 9.53 Å². The van der Waals surface area contributed by atoms with E-state index in [2.05, 4.69) is 23.5 Å². The van der Waals surface area contributed by atoms with Gasteiger partial charge in [0.1, 0.15) is 12.5 Å². The number of nitro benzene ring substituents is 1. The zero-order valence-electron chi connectivity index (χ0n) is 15.4. The molecule has 0 radical (unpaired) electrons. The number of esters is 1. The minimum atomic E-state index is -0.749. The van der Waals surface area contributed by atoms with Crippen LogP contribution in [-0.4, -0.2) is 27.1 Å². The van der Waals surface area contributed by atoms with Crippen LogP contribution in [0.1, 0.15) is 11.6 Å². The zero-order valence-corrected chi connectivity index (χ0v) is 15.4. The van der Waals surface area contributed by atoms with Crippen molar-refractivity contribution in [2.45, 2.75) is 6.04 Å². The fourth-order valence-corrected chi connectivity index (χ4v) is 3.61. The van der Waals surface area contributed by atoms with Gasteiger partial charge in [-0.05, 0) is 17.7 Å². The van der Waals surface area contributed by atoms with Crippen LogP contribution in [0.15, 0.2) is 73.5 Å². The summed E-state index contributed by atoms with van der Waals surface area (Å²) in [6.45, 7) is 7.67. The van der Waals surface area contributed by atoms with Crippen molar-refractivity contribution in [1.29, 1.82) is 0 Å². The second kappa shape index (κ2) is 7.23. The number of fused-ring (bicyclic) bond motifs is 3. The summed E-state index contributed by atoms with van der Waals surface area (Å²) < 4.78 is 7.23. The quantitative estimate of drug-likeness (QED) is 0.308. The smallest absolute Gasteiger partial charge is 0.317 e. The monoisotopic (exact) mass is 390 g/mol. The lowest BCUT2D eigenvalue weighted by atomic mass is 9.88. The number of carbonyl (C=O) groups is 1. The molecule has 2 atom stereocenters. The van der Waals surface area contributed by atoms with E-state index in [1.54, 1.807) is 12.1 Å². The molecule has 3 aromatic rings. The minimum Gasteiger partial charge on any atom is -0.461 e. The number of nitrogens with one attached hydrogen (secondary N) is 1. The number of rotatable bonds is 5. The van der Waals surface area contributed by atoms with Gasteiger partial charge in [0.15, 0.2) is 0 Å². The minimum absolute atomic E-state index is 0.0250. The molecule has 0 spiro atoms. The van der Waals surface area contributed by atoms with Crippen molar-refractivity contribution < 1.29 is 14.5 Å². The Morgan fingerprint density at radius 3 is 2.69 bits per heavy atom. The Morgan fingerprint density at radius 2 is 2.00 bits per heavy atom. The van der Waals surface area contributed by atoms with Gasteiger partial charge in [0.25, 0.3) is 5.69 Å². The van der Waals surface area contributed by atoms with E-state index in [9.17, 15) is 14.9 Å². The molecule has 2 aromatic carbocycles. The van der Waals surface area contributed by atoms with Gasteiger partial charge in [-0.15, -0.1) is 0 Å². The molecule has 1 aliphatic rings. The maximum Gasteiger partial charge on any atom is 0.317 e. The summed E-state index contributed by atoms with van der Waals surface area (Å²) in [6, 6.07) is 13.2. The van der Waals surface area contributed by atoms with Crippen molar-refractivity contribution in [2.24, 2.45) is 5.92 Å². The van der Waals surface area contributed by atoms with E-state index in [0.717, 1.165) is 11.0 Å². The van der Waals surface area contributed by atoms with Crippen LogP contribution in [0.5, 0.6) is 0 Å². The topological polar surface area (TPSA) is 99.3 Å². The predicted octanol–water partition coefficient (Wildman–Crippen LogP) is 3.82. The fraction of sp³-hybridized carbons (Fsp3) is 0.143. The first-order chi connectivity index (χ1) is 14.0. The summed E-state index contributed by atoms with van der Waals surface area (Å²) in [4.78, 5) is 28.1. The second-order valence-corrected chi connectivity index (χ2v) is 6.63.